The van der Waals surface area contributed by atoms with Gasteiger partial charge < -0.3 is 18.9 Å². The number of hydrogen-bond donors (Lipinski definition) is 1. The number of allylic oxidation sites excluding steroid dienone is 4. The molecule has 0 saturated carbocycles. The maximum Gasteiger partial charge on any atom is 0.472 e. The summed E-state index contributed by atoms with van der Waals surface area (Å²) in [6.07, 6.45) is 48.1. The molecule has 0 fully saturated rings. The molecular weight excluding hydrogens is 774 g/mol. The minimum absolute atomic E-state index is 0.0277. The van der Waals surface area contributed by atoms with Crippen molar-refractivity contribution < 1.29 is 42.1 Å². The van der Waals surface area contributed by atoms with Gasteiger partial charge >= 0.3 is 19.8 Å². The van der Waals surface area contributed by atoms with Gasteiger partial charge in [-0.1, -0.05) is 192 Å². The Hall–Kier alpha value is -1.51. The molecule has 0 rings (SSSR count). The smallest absolute Gasteiger partial charge is 0.462 e. The van der Waals surface area contributed by atoms with Gasteiger partial charge in [-0.05, 0) is 51.4 Å². The lowest BCUT2D eigenvalue weighted by atomic mass is 10.0. The maximum atomic E-state index is 12.7. The van der Waals surface area contributed by atoms with E-state index in [2.05, 4.69) is 32.1 Å². The first-order valence-corrected chi connectivity index (χ1v) is 26.6. The van der Waals surface area contributed by atoms with Crippen LogP contribution in [0.5, 0.6) is 0 Å². The lowest BCUT2D eigenvalue weighted by molar-refractivity contribution is -0.870. The van der Waals surface area contributed by atoms with Crippen molar-refractivity contribution in [1.82, 2.24) is 0 Å². The van der Waals surface area contributed by atoms with Gasteiger partial charge in [-0.2, -0.15) is 0 Å². The zero-order chi connectivity index (χ0) is 44.3. The van der Waals surface area contributed by atoms with Crippen molar-refractivity contribution in [2.24, 2.45) is 0 Å². The highest BCUT2D eigenvalue weighted by molar-refractivity contribution is 7.47. The number of carbonyl (C=O) groups excluding carboxylic acids is 2. The minimum Gasteiger partial charge on any atom is -0.462 e. The third-order valence-electron chi connectivity index (χ3n) is 11.0. The first-order chi connectivity index (χ1) is 29.0. The summed E-state index contributed by atoms with van der Waals surface area (Å²) in [5.41, 5.74) is 0. The second kappa shape index (κ2) is 42.8. The number of esters is 2. The number of hydrogen-bond acceptors (Lipinski definition) is 7. The molecule has 60 heavy (non-hydrogen) atoms. The molecule has 354 valence electrons. The third-order valence-corrected chi connectivity index (χ3v) is 12.0. The van der Waals surface area contributed by atoms with E-state index in [-0.39, 0.29) is 32.0 Å². The zero-order valence-corrected chi connectivity index (χ0v) is 40.9. The highest BCUT2D eigenvalue weighted by Crippen LogP contribution is 2.43. The number of rotatable bonds is 46. The monoisotopic (exact) mass is 871 g/mol. The van der Waals surface area contributed by atoms with E-state index in [4.69, 9.17) is 18.5 Å². The molecule has 0 aromatic carbocycles. The van der Waals surface area contributed by atoms with Gasteiger partial charge in [0.05, 0.1) is 27.7 Å². The Morgan fingerprint density at radius 1 is 0.500 bits per heavy atom. The highest BCUT2D eigenvalue weighted by atomic mass is 31.2. The van der Waals surface area contributed by atoms with Crippen LogP contribution in [0.4, 0.5) is 0 Å². The van der Waals surface area contributed by atoms with Crippen LogP contribution in [-0.2, 0) is 32.7 Å². The number of carbonyl (C=O) groups is 2. The van der Waals surface area contributed by atoms with E-state index >= 15 is 0 Å². The summed E-state index contributed by atoms with van der Waals surface area (Å²) in [5.74, 6) is -0.847. The molecule has 1 N–H and O–H groups in total. The second-order valence-electron chi connectivity index (χ2n) is 18.2. The van der Waals surface area contributed by atoms with Crippen LogP contribution in [0, 0.1) is 0 Å². The number of ether oxygens (including phenoxy) is 2. The molecule has 0 heterocycles. The molecule has 2 atom stereocenters. The average Bonchev–Trinajstić information content (AvgIpc) is 3.20. The summed E-state index contributed by atoms with van der Waals surface area (Å²) in [6, 6.07) is 0. The molecule has 0 saturated heterocycles. The lowest BCUT2D eigenvalue weighted by Crippen LogP contribution is -2.37. The molecule has 0 amide bonds. The molecule has 9 nitrogen and oxygen atoms in total. The summed E-state index contributed by atoms with van der Waals surface area (Å²) in [4.78, 5) is 35.5. The summed E-state index contributed by atoms with van der Waals surface area (Å²) in [7, 11) is 1.47. The first-order valence-electron chi connectivity index (χ1n) is 25.1. The number of nitrogens with zero attached hydrogens (tertiary/aromatic N) is 1. The van der Waals surface area contributed by atoms with Gasteiger partial charge in [-0.3, -0.25) is 18.6 Å². The fourth-order valence-electron chi connectivity index (χ4n) is 7.03. The summed E-state index contributed by atoms with van der Waals surface area (Å²) < 4.78 is 34.4. The number of likely N-dealkylation sites (N-methyl/N-ethyl adjacent to an activating group) is 1. The Morgan fingerprint density at radius 3 is 1.30 bits per heavy atom. The van der Waals surface area contributed by atoms with Crippen LogP contribution < -0.4 is 0 Å². The second-order valence-corrected chi connectivity index (χ2v) is 19.6. The Balaban J connectivity index is 4.25. The Kier molecular flexibility index (Phi) is 41.7. The number of quaternary nitrogens is 1. The van der Waals surface area contributed by atoms with Crippen LogP contribution in [0.15, 0.2) is 24.3 Å². The van der Waals surface area contributed by atoms with Gasteiger partial charge in [-0.25, -0.2) is 4.57 Å². The van der Waals surface area contributed by atoms with E-state index in [1.807, 2.05) is 27.2 Å². The Morgan fingerprint density at radius 2 is 0.883 bits per heavy atom. The normalized spacial score (nSPS) is 13.6. The van der Waals surface area contributed by atoms with Crippen molar-refractivity contribution in [2.45, 2.75) is 238 Å². The summed E-state index contributed by atoms with van der Waals surface area (Å²) in [6.45, 7) is 4.41. The standard InChI is InChI=1S/C50H96NO8P/c1-6-8-10-12-14-16-18-20-22-23-24-25-26-27-29-30-32-34-36-38-40-42-49(52)56-46-48(47-58-60(54,55)57-45-44-51(3,4)5)59-50(53)43-41-39-37-35-33-31-28-21-19-17-15-13-11-9-7-2/h20,22,37,39,48H,6-19,21,23-36,38,40-47H2,1-5H3/p+1/b22-20+,39-37+/t48-/m0/s1. The Labute approximate surface area is 370 Å². The fourth-order valence-corrected chi connectivity index (χ4v) is 7.77. The predicted molar refractivity (Wildman–Crippen MR) is 252 cm³/mol. The van der Waals surface area contributed by atoms with E-state index in [0.29, 0.717) is 17.4 Å². The maximum absolute atomic E-state index is 12.7. The summed E-state index contributed by atoms with van der Waals surface area (Å²) >= 11 is 0. The van der Waals surface area contributed by atoms with Gasteiger partial charge in [0.15, 0.2) is 6.10 Å². The number of unbranched alkanes of at least 4 members (excludes halogenated alkanes) is 28. The molecule has 0 aliphatic carbocycles. The van der Waals surface area contributed by atoms with Crippen LogP contribution in [0.1, 0.15) is 232 Å². The third kappa shape index (κ3) is 46.0. The van der Waals surface area contributed by atoms with E-state index in [1.54, 1.807) is 0 Å². The van der Waals surface area contributed by atoms with E-state index in [0.717, 1.165) is 32.1 Å². The van der Waals surface area contributed by atoms with Crippen molar-refractivity contribution in [3.8, 4) is 0 Å². The van der Waals surface area contributed by atoms with Crippen LogP contribution in [-0.4, -0.2) is 74.9 Å². The molecule has 0 aromatic heterocycles. The van der Waals surface area contributed by atoms with Gasteiger partial charge in [-0.15, -0.1) is 0 Å². The van der Waals surface area contributed by atoms with Gasteiger partial charge in [0.1, 0.15) is 19.8 Å². The average molecular weight is 871 g/mol. The molecule has 0 bridgehead atoms. The van der Waals surface area contributed by atoms with Crippen LogP contribution in [0.3, 0.4) is 0 Å². The van der Waals surface area contributed by atoms with Crippen molar-refractivity contribution in [3.05, 3.63) is 24.3 Å². The molecule has 0 spiro atoms. The van der Waals surface area contributed by atoms with Crippen molar-refractivity contribution in [1.29, 1.82) is 0 Å². The predicted octanol–water partition coefficient (Wildman–Crippen LogP) is 14.7. The first kappa shape index (κ1) is 58.5. The van der Waals surface area contributed by atoms with Crippen LogP contribution >= 0.6 is 7.82 Å². The SMILES string of the molecule is CCCCCCCC/C=C/CCCCCCCCCCCCCC(=O)OC[C@@H](COP(=O)(O)OCC[N+](C)(C)C)OC(=O)CC/C=C/CCCCCCCCCCCCC. The highest BCUT2D eigenvalue weighted by Gasteiger charge is 2.27. The lowest BCUT2D eigenvalue weighted by Gasteiger charge is -2.24. The Bertz CT molecular complexity index is 1070. The van der Waals surface area contributed by atoms with E-state index in [9.17, 15) is 19.0 Å². The molecule has 0 aliphatic rings. The van der Waals surface area contributed by atoms with Gasteiger partial charge in [0.25, 0.3) is 0 Å². The molecule has 0 aromatic rings. The van der Waals surface area contributed by atoms with Crippen LogP contribution in [0.25, 0.3) is 0 Å². The van der Waals surface area contributed by atoms with Crippen LogP contribution in [0.2, 0.25) is 0 Å². The van der Waals surface area contributed by atoms with Gasteiger partial charge in [0.2, 0.25) is 0 Å². The summed E-state index contributed by atoms with van der Waals surface area (Å²) in [5, 5.41) is 0. The van der Waals surface area contributed by atoms with Crippen molar-refractivity contribution in [2.75, 3.05) is 47.5 Å². The minimum atomic E-state index is -4.38. The van der Waals surface area contributed by atoms with E-state index in [1.165, 1.54) is 167 Å². The molecule has 10 heteroatoms. The molecule has 0 radical (unpaired) electrons. The molecule has 1 unspecified atom stereocenters. The largest absolute Gasteiger partial charge is 0.472 e. The zero-order valence-electron chi connectivity index (χ0n) is 40.0. The van der Waals surface area contributed by atoms with Gasteiger partial charge in [0, 0.05) is 12.8 Å². The van der Waals surface area contributed by atoms with Crippen molar-refractivity contribution >= 4 is 19.8 Å². The topological polar surface area (TPSA) is 108 Å². The number of phosphoric ester groups is 1. The van der Waals surface area contributed by atoms with E-state index < -0.39 is 26.5 Å². The molecular formula is C50H97NO8P+. The molecule has 0 aliphatic heterocycles. The van der Waals surface area contributed by atoms with Crippen molar-refractivity contribution in [3.63, 3.8) is 0 Å². The quantitative estimate of drug-likeness (QED) is 0.0212. The fraction of sp³-hybridized carbons (Fsp3) is 0.880. The number of phosphoric acid groups is 1.